The van der Waals surface area contributed by atoms with E-state index in [0.29, 0.717) is 11.3 Å². The van der Waals surface area contributed by atoms with Crippen LogP contribution in [0.3, 0.4) is 0 Å². The number of carboxylic acid groups (broad SMARTS) is 1. The van der Waals surface area contributed by atoms with Crippen LogP contribution in [0.15, 0.2) is 30.3 Å². The number of nitrogens with one attached hydrogen (secondary N) is 1. The fourth-order valence-electron chi connectivity index (χ4n) is 1.74. The van der Waals surface area contributed by atoms with Gasteiger partial charge in [0.2, 0.25) is 0 Å². The molecular weight excluding hydrogens is 323 g/mol. The number of halogens is 4. The number of carbonyl (C=O) groups is 1. The molecule has 0 amide bonds. The van der Waals surface area contributed by atoms with Gasteiger partial charge in [-0.1, -0.05) is 29.3 Å². The number of carboxylic acids is 1. The Morgan fingerprint density at radius 1 is 1.14 bits per heavy atom. The Morgan fingerprint density at radius 3 is 2.29 bits per heavy atom. The monoisotopic (exact) mass is 331 g/mol. The molecule has 0 fully saturated rings. The van der Waals surface area contributed by atoms with Crippen molar-refractivity contribution in [2.24, 2.45) is 0 Å². The average Bonchev–Trinajstić information content (AvgIpc) is 2.36. The van der Waals surface area contributed by atoms with E-state index in [2.05, 4.69) is 5.32 Å². The molecule has 0 radical (unpaired) electrons. The Labute approximate surface area is 129 Å². The predicted octanol–water partition coefficient (Wildman–Crippen LogP) is 4.58. The molecular formula is C14H9Cl2F2NO2. The third-order valence-corrected chi connectivity index (χ3v) is 3.34. The minimum absolute atomic E-state index is 0.0997. The average molecular weight is 332 g/mol. The van der Waals surface area contributed by atoms with Gasteiger partial charge in [0.15, 0.2) is 0 Å². The second kappa shape index (κ2) is 6.28. The van der Waals surface area contributed by atoms with Crippen molar-refractivity contribution in [2.75, 3.05) is 5.32 Å². The summed E-state index contributed by atoms with van der Waals surface area (Å²) in [7, 11) is 0. The normalized spacial score (nSPS) is 10.5. The molecule has 7 heteroatoms. The molecule has 0 aliphatic carbocycles. The summed E-state index contributed by atoms with van der Waals surface area (Å²) in [6, 6.07) is 5.93. The van der Waals surface area contributed by atoms with Crippen molar-refractivity contribution in [1.29, 1.82) is 0 Å². The van der Waals surface area contributed by atoms with Crippen molar-refractivity contribution >= 4 is 34.9 Å². The fraction of sp³-hybridized carbons (Fsp3) is 0.0714. The Bertz CT molecular complexity index is 684. The fourth-order valence-corrected chi connectivity index (χ4v) is 2.34. The largest absolute Gasteiger partial charge is 0.478 e. The highest BCUT2D eigenvalue weighted by Gasteiger charge is 2.12. The van der Waals surface area contributed by atoms with Crippen LogP contribution in [0, 0.1) is 11.6 Å². The van der Waals surface area contributed by atoms with E-state index in [1.165, 1.54) is 12.1 Å². The van der Waals surface area contributed by atoms with Crippen molar-refractivity contribution < 1.29 is 18.7 Å². The zero-order chi connectivity index (χ0) is 15.6. The number of benzene rings is 2. The molecule has 2 aromatic carbocycles. The van der Waals surface area contributed by atoms with Crippen molar-refractivity contribution in [2.45, 2.75) is 6.54 Å². The van der Waals surface area contributed by atoms with Gasteiger partial charge >= 0.3 is 5.97 Å². The molecule has 0 unspecified atom stereocenters. The quantitative estimate of drug-likeness (QED) is 0.861. The molecule has 2 aromatic rings. The van der Waals surface area contributed by atoms with Crippen LogP contribution in [0.5, 0.6) is 0 Å². The molecule has 0 saturated heterocycles. The maximum Gasteiger partial charge on any atom is 0.338 e. The van der Waals surface area contributed by atoms with Gasteiger partial charge in [-0.25, -0.2) is 13.6 Å². The summed E-state index contributed by atoms with van der Waals surface area (Å²) in [6.45, 7) is 0.155. The van der Waals surface area contributed by atoms with E-state index in [1.807, 2.05) is 0 Å². The Kier molecular flexibility index (Phi) is 4.65. The van der Waals surface area contributed by atoms with E-state index < -0.39 is 23.2 Å². The Balaban J connectivity index is 2.17. The van der Waals surface area contributed by atoms with Crippen LogP contribution in [-0.2, 0) is 6.54 Å². The van der Waals surface area contributed by atoms with Gasteiger partial charge in [-0.2, -0.15) is 0 Å². The predicted molar refractivity (Wildman–Crippen MR) is 77.1 cm³/mol. The number of anilines is 1. The number of rotatable bonds is 4. The lowest BCUT2D eigenvalue weighted by molar-refractivity contribution is 0.0692. The number of hydrogen-bond donors (Lipinski definition) is 2. The van der Waals surface area contributed by atoms with Crippen molar-refractivity contribution in [3.05, 3.63) is 63.1 Å². The van der Waals surface area contributed by atoms with Gasteiger partial charge in [-0.15, -0.1) is 0 Å². The summed E-state index contributed by atoms with van der Waals surface area (Å²) in [5, 5.41) is 11.8. The van der Waals surface area contributed by atoms with E-state index >= 15 is 0 Å². The third-order valence-electron chi connectivity index (χ3n) is 2.74. The van der Waals surface area contributed by atoms with Crippen LogP contribution in [0.4, 0.5) is 14.5 Å². The maximum absolute atomic E-state index is 13.5. The van der Waals surface area contributed by atoms with Crippen LogP contribution >= 0.6 is 23.2 Å². The molecule has 0 aliphatic heterocycles. The summed E-state index contributed by atoms with van der Waals surface area (Å²) in [6.07, 6.45) is 0. The first-order valence-corrected chi connectivity index (χ1v) is 6.54. The summed E-state index contributed by atoms with van der Waals surface area (Å²) in [5.74, 6) is -2.73. The minimum Gasteiger partial charge on any atom is -0.478 e. The minimum atomic E-state index is -1.34. The second-order valence-corrected chi connectivity index (χ2v) is 5.03. The molecule has 3 nitrogen and oxygen atoms in total. The second-order valence-electron chi connectivity index (χ2n) is 4.22. The number of hydrogen-bond acceptors (Lipinski definition) is 2. The lowest BCUT2D eigenvalue weighted by Gasteiger charge is -2.11. The van der Waals surface area contributed by atoms with Crippen LogP contribution in [0.25, 0.3) is 0 Å². The molecule has 0 spiro atoms. The van der Waals surface area contributed by atoms with E-state index in [0.717, 1.165) is 18.2 Å². The van der Waals surface area contributed by atoms with E-state index in [1.54, 1.807) is 0 Å². The molecule has 2 N–H and O–H groups in total. The van der Waals surface area contributed by atoms with Crippen molar-refractivity contribution in [3.8, 4) is 0 Å². The molecule has 0 aromatic heterocycles. The number of aromatic carboxylic acids is 1. The van der Waals surface area contributed by atoms with Gasteiger partial charge in [-0.05, 0) is 29.8 Å². The van der Waals surface area contributed by atoms with Gasteiger partial charge in [0.05, 0.1) is 21.3 Å². The highest BCUT2D eigenvalue weighted by molar-refractivity contribution is 6.39. The molecule has 0 saturated carbocycles. The maximum atomic E-state index is 13.5. The van der Waals surface area contributed by atoms with Crippen LogP contribution in [0.1, 0.15) is 15.9 Å². The summed E-state index contributed by atoms with van der Waals surface area (Å²) in [5.41, 5.74) is 0.410. The van der Waals surface area contributed by atoms with Gasteiger partial charge in [0, 0.05) is 6.54 Å². The van der Waals surface area contributed by atoms with E-state index in [-0.39, 0.29) is 16.6 Å². The first-order chi connectivity index (χ1) is 9.88. The van der Waals surface area contributed by atoms with Crippen molar-refractivity contribution in [3.63, 3.8) is 0 Å². The van der Waals surface area contributed by atoms with Crippen molar-refractivity contribution in [1.82, 2.24) is 0 Å². The molecule has 0 heterocycles. The molecule has 21 heavy (non-hydrogen) atoms. The van der Waals surface area contributed by atoms with Gasteiger partial charge in [0.1, 0.15) is 11.6 Å². The van der Waals surface area contributed by atoms with Gasteiger partial charge in [-0.3, -0.25) is 0 Å². The molecule has 110 valence electrons. The lowest BCUT2D eigenvalue weighted by atomic mass is 10.1. The van der Waals surface area contributed by atoms with Gasteiger partial charge < -0.3 is 10.4 Å². The first kappa shape index (κ1) is 15.5. The summed E-state index contributed by atoms with van der Waals surface area (Å²) >= 11 is 11.7. The zero-order valence-corrected chi connectivity index (χ0v) is 12.0. The molecule has 0 atom stereocenters. The van der Waals surface area contributed by atoms with Crippen LogP contribution in [0.2, 0.25) is 10.0 Å². The third kappa shape index (κ3) is 3.62. The lowest BCUT2D eigenvalue weighted by Crippen LogP contribution is -2.05. The SMILES string of the molecule is O=C(O)c1ccc(CNc2c(Cl)cc(F)cc2Cl)cc1F. The summed E-state index contributed by atoms with van der Waals surface area (Å²) < 4.78 is 26.6. The first-order valence-electron chi connectivity index (χ1n) is 5.78. The van der Waals surface area contributed by atoms with Crippen LogP contribution < -0.4 is 5.32 Å². The van der Waals surface area contributed by atoms with Crippen LogP contribution in [-0.4, -0.2) is 11.1 Å². The van der Waals surface area contributed by atoms with E-state index in [9.17, 15) is 13.6 Å². The van der Waals surface area contributed by atoms with E-state index in [4.69, 9.17) is 28.3 Å². The Morgan fingerprint density at radius 2 is 1.76 bits per heavy atom. The molecule has 0 bridgehead atoms. The topological polar surface area (TPSA) is 49.3 Å². The summed E-state index contributed by atoms with van der Waals surface area (Å²) in [4.78, 5) is 10.7. The Hall–Kier alpha value is -1.85. The standard InChI is InChI=1S/C14H9Cl2F2NO2/c15-10-4-8(17)5-11(16)13(10)19-6-7-1-2-9(14(20)21)12(18)3-7/h1-5,19H,6H2,(H,20,21). The molecule has 2 rings (SSSR count). The smallest absolute Gasteiger partial charge is 0.338 e. The highest BCUT2D eigenvalue weighted by Crippen LogP contribution is 2.31. The van der Waals surface area contributed by atoms with Gasteiger partial charge in [0.25, 0.3) is 0 Å². The molecule has 0 aliphatic rings. The highest BCUT2D eigenvalue weighted by atomic mass is 35.5. The zero-order valence-electron chi connectivity index (χ0n) is 10.5.